The van der Waals surface area contributed by atoms with E-state index in [9.17, 15) is 0 Å². The van der Waals surface area contributed by atoms with Gasteiger partial charge in [0.2, 0.25) is 0 Å². The maximum atomic E-state index is 5.83. The molecule has 0 amide bonds. The lowest BCUT2D eigenvalue weighted by Gasteiger charge is -2.08. The van der Waals surface area contributed by atoms with Crippen molar-refractivity contribution < 1.29 is 4.74 Å². The number of ether oxygens (including phenoxy) is 1. The van der Waals surface area contributed by atoms with E-state index in [-0.39, 0.29) is 0 Å². The molecule has 1 heterocycles. The molecule has 2 rings (SSSR count). The zero-order valence-electron chi connectivity index (χ0n) is 11.8. The third kappa shape index (κ3) is 3.58. The average molecular weight is 275 g/mol. The van der Waals surface area contributed by atoms with Gasteiger partial charge in [-0.15, -0.1) is 11.3 Å². The number of thiophene rings is 1. The van der Waals surface area contributed by atoms with Gasteiger partial charge in [0.15, 0.2) is 0 Å². The summed E-state index contributed by atoms with van der Waals surface area (Å²) in [6.45, 7) is 7.72. The van der Waals surface area contributed by atoms with Gasteiger partial charge in [0.05, 0.1) is 0 Å². The van der Waals surface area contributed by atoms with Gasteiger partial charge in [0, 0.05) is 21.9 Å². The highest BCUT2D eigenvalue weighted by Crippen LogP contribution is 2.24. The Balaban J connectivity index is 1.99. The van der Waals surface area contributed by atoms with Crippen LogP contribution in [-0.4, -0.2) is 0 Å². The van der Waals surface area contributed by atoms with E-state index < -0.39 is 0 Å². The zero-order chi connectivity index (χ0) is 13.8. The SMILES string of the molecule is Cc1sc(CN)cc1COc1ccc(C(C)C)cc1. The fraction of sp³-hybridized carbons (Fsp3) is 0.375. The molecular weight excluding hydrogens is 254 g/mol. The molecular formula is C16H21NOS. The molecule has 2 nitrogen and oxygen atoms in total. The molecule has 0 radical (unpaired) electrons. The minimum atomic E-state index is 0.556. The van der Waals surface area contributed by atoms with Crippen LogP contribution in [0.25, 0.3) is 0 Å². The predicted octanol–water partition coefficient (Wildman–Crippen LogP) is 4.22. The molecule has 0 aliphatic heterocycles. The standard InChI is InChI=1S/C16H21NOS/c1-11(2)13-4-6-15(7-5-13)18-10-14-8-16(9-17)19-12(14)3/h4-8,11H,9-10,17H2,1-3H3. The van der Waals surface area contributed by atoms with Crippen LogP contribution in [0.1, 0.15) is 40.6 Å². The van der Waals surface area contributed by atoms with E-state index in [1.54, 1.807) is 11.3 Å². The molecule has 0 bridgehead atoms. The topological polar surface area (TPSA) is 35.2 Å². The van der Waals surface area contributed by atoms with Gasteiger partial charge >= 0.3 is 0 Å². The second-order valence-electron chi connectivity index (χ2n) is 5.01. The minimum absolute atomic E-state index is 0.556. The van der Waals surface area contributed by atoms with Crippen molar-refractivity contribution in [2.24, 2.45) is 5.73 Å². The molecule has 3 heteroatoms. The summed E-state index contributed by atoms with van der Waals surface area (Å²) < 4.78 is 5.83. The molecule has 0 unspecified atom stereocenters. The summed E-state index contributed by atoms with van der Waals surface area (Å²) in [6.07, 6.45) is 0. The van der Waals surface area contributed by atoms with Crippen LogP contribution in [0, 0.1) is 6.92 Å². The fourth-order valence-corrected chi connectivity index (χ4v) is 2.87. The summed E-state index contributed by atoms with van der Waals surface area (Å²) >= 11 is 1.75. The highest BCUT2D eigenvalue weighted by Gasteiger charge is 2.05. The van der Waals surface area contributed by atoms with Gasteiger partial charge in [-0.05, 0) is 36.6 Å². The fourth-order valence-electron chi connectivity index (χ4n) is 1.94. The van der Waals surface area contributed by atoms with E-state index in [1.807, 2.05) is 12.1 Å². The molecule has 2 aromatic rings. The summed E-state index contributed by atoms with van der Waals surface area (Å²) in [5, 5.41) is 0. The Morgan fingerprint density at radius 2 is 1.89 bits per heavy atom. The number of hydrogen-bond donors (Lipinski definition) is 1. The van der Waals surface area contributed by atoms with Gasteiger partial charge in [0.25, 0.3) is 0 Å². The molecule has 2 N–H and O–H groups in total. The van der Waals surface area contributed by atoms with E-state index in [1.165, 1.54) is 20.9 Å². The van der Waals surface area contributed by atoms with Crippen LogP contribution in [0.4, 0.5) is 0 Å². The summed E-state index contributed by atoms with van der Waals surface area (Å²) in [5.41, 5.74) is 8.23. The molecule has 0 saturated heterocycles. The first kappa shape index (κ1) is 14.1. The molecule has 1 aromatic carbocycles. The monoisotopic (exact) mass is 275 g/mol. The van der Waals surface area contributed by atoms with E-state index in [0.717, 1.165) is 5.75 Å². The Morgan fingerprint density at radius 3 is 2.42 bits per heavy atom. The Labute approximate surface area is 119 Å². The molecule has 1 aromatic heterocycles. The van der Waals surface area contributed by atoms with Crippen LogP contribution >= 0.6 is 11.3 Å². The first-order chi connectivity index (χ1) is 9.10. The summed E-state index contributed by atoms with van der Waals surface area (Å²) in [4.78, 5) is 2.51. The predicted molar refractivity (Wildman–Crippen MR) is 81.8 cm³/mol. The van der Waals surface area contributed by atoms with Crippen molar-refractivity contribution in [3.05, 3.63) is 51.2 Å². The summed E-state index contributed by atoms with van der Waals surface area (Å²) in [6, 6.07) is 10.5. The van der Waals surface area contributed by atoms with Gasteiger partial charge in [-0.1, -0.05) is 26.0 Å². The molecule has 0 atom stereocenters. The van der Waals surface area contributed by atoms with Gasteiger partial charge in [0.1, 0.15) is 12.4 Å². The van der Waals surface area contributed by atoms with Crippen LogP contribution in [0.2, 0.25) is 0 Å². The van der Waals surface area contributed by atoms with Crippen molar-refractivity contribution >= 4 is 11.3 Å². The maximum Gasteiger partial charge on any atom is 0.119 e. The Kier molecular flexibility index (Phi) is 4.61. The van der Waals surface area contributed by atoms with Gasteiger partial charge in [-0.25, -0.2) is 0 Å². The van der Waals surface area contributed by atoms with Crippen LogP contribution in [0.3, 0.4) is 0 Å². The number of benzene rings is 1. The normalized spacial score (nSPS) is 11.0. The molecule has 0 aliphatic rings. The largest absolute Gasteiger partial charge is 0.489 e. The first-order valence-electron chi connectivity index (χ1n) is 6.61. The lowest BCUT2D eigenvalue weighted by Crippen LogP contribution is -1.96. The molecule has 19 heavy (non-hydrogen) atoms. The van der Waals surface area contributed by atoms with E-state index in [0.29, 0.717) is 19.1 Å². The molecule has 0 saturated carbocycles. The molecule has 0 fully saturated rings. The van der Waals surface area contributed by atoms with Crippen molar-refractivity contribution in [1.29, 1.82) is 0 Å². The van der Waals surface area contributed by atoms with Crippen molar-refractivity contribution in [2.75, 3.05) is 0 Å². The Morgan fingerprint density at radius 1 is 1.21 bits per heavy atom. The van der Waals surface area contributed by atoms with Crippen molar-refractivity contribution in [1.82, 2.24) is 0 Å². The zero-order valence-corrected chi connectivity index (χ0v) is 12.6. The Hall–Kier alpha value is -1.32. The lowest BCUT2D eigenvalue weighted by atomic mass is 10.0. The number of nitrogens with two attached hydrogens (primary N) is 1. The molecule has 0 spiro atoms. The van der Waals surface area contributed by atoms with Gasteiger partial charge < -0.3 is 10.5 Å². The van der Waals surface area contributed by atoms with Gasteiger partial charge in [-0.2, -0.15) is 0 Å². The van der Waals surface area contributed by atoms with Crippen LogP contribution in [-0.2, 0) is 13.2 Å². The summed E-state index contributed by atoms with van der Waals surface area (Å²) in [5.74, 6) is 1.48. The second kappa shape index (κ2) is 6.22. The Bertz CT molecular complexity index is 528. The average Bonchev–Trinajstić information content (AvgIpc) is 2.77. The molecule has 102 valence electrons. The lowest BCUT2D eigenvalue weighted by molar-refractivity contribution is 0.306. The maximum absolute atomic E-state index is 5.83. The van der Waals surface area contributed by atoms with Crippen molar-refractivity contribution in [3.8, 4) is 5.75 Å². The van der Waals surface area contributed by atoms with Crippen molar-refractivity contribution in [2.45, 2.75) is 39.8 Å². The number of hydrogen-bond acceptors (Lipinski definition) is 3. The van der Waals surface area contributed by atoms with Crippen LogP contribution < -0.4 is 10.5 Å². The minimum Gasteiger partial charge on any atom is -0.489 e. The second-order valence-corrected chi connectivity index (χ2v) is 6.35. The van der Waals surface area contributed by atoms with E-state index in [4.69, 9.17) is 10.5 Å². The summed E-state index contributed by atoms with van der Waals surface area (Å²) in [7, 11) is 0. The number of rotatable bonds is 5. The van der Waals surface area contributed by atoms with Crippen molar-refractivity contribution in [3.63, 3.8) is 0 Å². The number of aryl methyl sites for hydroxylation is 1. The molecule has 0 aliphatic carbocycles. The highest BCUT2D eigenvalue weighted by molar-refractivity contribution is 7.12. The third-order valence-electron chi connectivity index (χ3n) is 3.21. The third-order valence-corrected chi connectivity index (χ3v) is 4.33. The first-order valence-corrected chi connectivity index (χ1v) is 7.42. The quantitative estimate of drug-likeness (QED) is 0.886. The van der Waals surface area contributed by atoms with Crippen LogP contribution in [0.15, 0.2) is 30.3 Å². The smallest absolute Gasteiger partial charge is 0.119 e. The van der Waals surface area contributed by atoms with Gasteiger partial charge in [-0.3, -0.25) is 0 Å². The van der Waals surface area contributed by atoms with E-state index >= 15 is 0 Å². The highest BCUT2D eigenvalue weighted by atomic mass is 32.1. The van der Waals surface area contributed by atoms with Crippen LogP contribution in [0.5, 0.6) is 5.75 Å². The van der Waals surface area contributed by atoms with E-state index in [2.05, 4.69) is 39.0 Å².